The van der Waals surface area contributed by atoms with Crippen LogP contribution in [0.4, 0.5) is 15.8 Å². The number of nitrogen functional groups attached to an aromatic ring is 1. The molecule has 0 saturated carbocycles. The number of nitrogens with two attached hydrogens (primary N) is 1. The minimum Gasteiger partial charge on any atom is -0.495 e. The van der Waals surface area contributed by atoms with E-state index in [4.69, 9.17) is 15.6 Å². The van der Waals surface area contributed by atoms with Crippen LogP contribution < -0.4 is 15.4 Å². The summed E-state index contributed by atoms with van der Waals surface area (Å²) in [6.45, 7) is 0.312. The minimum atomic E-state index is -0.427. The molecule has 0 aliphatic rings. The smallest absolute Gasteiger partial charge is 0.148 e. The predicted molar refractivity (Wildman–Crippen MR) is 57.7 cm³/mol. The van der Waals surface area contributed by atoms with Crippen molar-refractivity contribution in [3.05, 3.63) is 17.9 Å². The van der Waals surface area contributed by atoms with Crippen LogP contribution in [0.3, 0.4) is 0 Å². The van der Waals surface area contributed by atoms with Crippen LogP contribution >= 0.6 is 0 Å². The number of aliphatic hydroxyl groups is 1. The number of likely N-dealkylation sites (N-methyl/N-ethyl adjacent to an activating group) is 1. The van der Waals surface area contributed by atoms with Crippen molar-refractivity contribution in [3.8, 4) is 5.75 Å². The standard InChI is InChI=1S/C10H15FN2O2/c1-13(3-4-14)9-6-10(15-2)8(12)5-7(9)11/h5-6,14H,3-4,12H2,1-2H3. The van der Waals surface area contributed by atoms with Crippen LogP contribution in [0.5, 0.6) is 5.75 Å². The third kappa shape index (κ3) is 2.50. The first-order valence-electron chi connectivity index (χ1n) is 4.55. The lowest BCUT2D eigenvalue weighted by atomic mass is 10.2. The molecule has 0 unspecified atom stereocenters. The number of nitrogens with zero attached hydrogens (tertiary/aromatic N) is 1. The highest BCUT2D eigenvalue weighted by molar-refractivity contribution is 5.63. The lowest BCUT2D eigenvalue weighted by molar-refractivity contribution is 0.303. The number of hydrogen-bond acceptors (Lipinski definition) is 4. The van der Waals surface area contributed by atoms with Gasteiger partial charge in [0.25, 0.3) is 0 Å². The highest BCUT2D eigenvalue weighted by Crippen LogP contribution is 2.29. The fourth-order valence-corrected chi connectivity index (χ4v) is 1.30. The zero-order chi connectivity index (χ0) is 11.4. The van der Waals surface area contributed by atoms with Gasteiger partial charge in [0.15, 0.2) is 0 Å². The van der Waals surface area contributed by atoms with Gasteiger partial charge < -0.3 is 20.5 Å². The third-order valence-electron chi connectivity index (χ3n) is 2.15. The molecule has 1 aromatic rings. The van der Waals surface area contributed by atoms with E-state index in [1.807, 2.05) is 0 Å². The van der Waals surface area contributed by atoms with Crippen molar-refractivity contribution >= 4 is 11.4 Å². The van der Waals surface area contributed by atoms with Crippen molar-refractivity contribution in [1.82, 2.24) is 0 Å². The fourth-order valence-electron chi connectivity index (χ4n) is 1.30. The number of benzene rings is 1. The zero-order valence-electron chi connectivity index (χ0n) is 8.83. The predicted octanol–water partition coefficient (Wildman–Crippen LogP) is 0.845. The molecule has 0 amide bonds. The monoisotopic (exact) mass is 214 g/mol. The van der Waals surface area contributed by atoms with Crippen molar-refractivity contribution in [2.45, 2.75) is 0 Å². The number of anilines is 2. The lowest BCUT2D eigenvalue weighted by Gasteiger charge is -2.19. The Labute approximate surface area is 88.1 Å². The minimum absolute atomic E-state index is 0.0391. The first-order valence-corrected chi connectivity index (χ1v) is 4.55. The summed E-state index contributed by atoms with van der Waals surface area (Å²) in [4.78, 5) is 1.59. The van der Waals surface area contributed by atoms with Crippen LogP contribution in [0, 0.1) is 5.82 Å². The van der Waals surface area contributed by atoms with Crippen LogP contribution in [0.1, 0.15) is 0 Å². The Bertz CT molecular complexity index is 344. The van der Waals surface area contributed by atoms with Crippen LogP contribution in [-0.4, -0.2) is 32.4 Å². The average Bonchev–Trinajstić information content (AvgIpc) is 2.18. The molecule has 1 aromatic carbocycles. The summed E-state index contributed by atoms with van der Waals surface area (Å²) in [6, 6.07) is 2.72. The Kier molecular flexibility index (Phi) is 3.74. The molecule has 84 valence electrons. The van der Waals surface area contributed by atoms with Crippen molar-refractivity contribution in [3.63, 3.8) is 0 Å². The molecule has 0 radical (unpaired) electrons. The molecule has 0 aromatic heterocycles. The summed E-state index contributed by atoms with van der Waals surface area (Å²) < 4.78 is 18.5. The SMILES string of the molecule is COc1cc(N(C)CCO)c(F)cc1N. The second-order valence-electron chi connectivity index (χ2n) is 3.19. The van der Waals surface area contributed by atoms with Gasteiger partial charge in [-0.3, -0.25) is 0 Å². The summed E-state index contributed by atoms with van der Waals surface area (Å²) in [7, 11) is 3.16. The lowest BCUT2D eigenvalue weighted by Crippen LogP contribution is -2.22. The first-order chi connectivity index (χ1) is 7.10. The van der Waals surface area contributed by atoms with Gasteiger partial charge in [0.1, 0.15) is 11.6 Å². The Hall–Kier alpha value is -1.49. The van der Waals surface area contributed by atoms with Crippen LogP contribution in [0.15, 0.2) is 12.1 Å². The fraction of sp³-hybridized carbons (Fsp3) is 0.400. The molecule has 0 fully saturated rings. The van der Waals surface area contributed by atoms with Gasteiger partial charge in [-0.1, -0.05) is 0 Å². The van der Waals surface area contributed by atoms with Gasteiger partial charge in [0, 0.05) is 25.7 Å². The van der Waals surface area contributed by atoms with E-state index in [2.05, 4.69) is 0 Å². The maximum atomic E-state index is 13.5. The topological polar surface area (TPSA) is 58.7 Å². The van der Waals surface area contributed by atoms with Crippen molar-refractivity contribution in [1.29, 1.82) is 0 Å². The molecule has 15 heavy (non-hydrogen) atoms. The molecule has 0 bridgehead atoms. The van der Waals surface area contributed by atoms with E-state index in [0.29, 0.717) is 18.0 Å². The van der Waals surface area contributed by atoms with E-state index in [9.17, 15) is 4.39 Å². The van der Waals surface area contributed by atoms with E-state index in [0.717, 1.165) is 0 Å². The summed E-state index contributed by atoms with van der Waals surface area (Å²) in [6.07, 6.45) is 0. The molecule has 0 heterocycles. The molecule has 0 aliphatic heterocycles. The van der Waals surface area contributed by atoms with Crippen LogP contribution in [0.2, 0.25) is 0 Å². The third-order valence-corrected chi connectivity index (χ3v) is 2.15. The Morgan fingerprint density at radius 3 is 2.73 bits per heavy atom. The van der Waals surface area contributed by atoms with Gasteiger partial charge in [-0.15, -0.1) is 0 Å². The first kappa shape index (κ1) is 11.6. The molecule has 5 heteroatoms. The van der Waals surface area contributed by atoms with Crippen molar-refractivity contribution in [2.24, 2.45) is 0 Å². The Morgan fingerprint density at radius 1 is 1.53 bits per heavy atom. The number of aliphatic hydroxyl groups excluding tert-OH is 1. The van der Waals surface area contributed by atoms with Crippen LogP contribution in [-0.2, 0) is 0 Å². The Balaban J connectivity index is 3.06. The normalized spacial score (nSPS) is 10.1. The summed E-state index contributed by atoms with van der Waals surface area (Å²) in [5.41, 5.74) is 6.16. The maximum absolute atomic E-state index is 13.5. The molecule has 4 nitrogen and oxygen atoms in total. The van der Waals surface area contributed by atoms with Gasteiger partial charge in [-0.25, -0.2) is 4.39 Å². The molecule has 3 N–H and O–H groups in total. The molecule has 0 atom stereocenters. The summed E-state index contributed by atoms with van der Waals surface area (Å²) >= 11 is 0. The number of ether oxygens (including phenoxy) is 1. The van der Waals surface area contributed by atoms with Crippen molar-refractivity contribution in [2.75, 3.05) is 37.9 Å². The van der Waals surface area contributed by atoms with Gasteiger partial charge >= 0.3 is 0 Å². The van der Waals surface area contributed by atoms with E-state index in [-0.39, 0.29) is 12.3 Å². The number of methoxy groups -OCH3 is 1. The molecule has 0 spiro atoms. The van der Waals surface area contributed by atoms with E-state index < -0.39 is 5.82 Å². The summed E-state index contributed by atoms with van der Waals surface area (Å²) in [5.74, 6) is 0.000407. The van der Waals surface area contributed by atoms with Crippen LogP contribution in [0.25, 0.3) is 0 Å². The molecular weight excluding hydrogens is 199 g/mol. The number of rotatable bonds is 4. The summed E-state index contributed by atoms with van der Waals surface area (Å²) in [5, 5.41) is 8.75. The molecule has 1 rings (SSSR count). The Morgan fingerprint density at radius 2 is 2.20 bits per heavy atom. The maximum Gasteiger partial charge on any atom is 0.148 e. The highest BCUT2D eigenvalue weighted by atomic mass is 19.1. The molecular formula is C10H15FN2O2. The average molecular weight is 214 g/mol. The number of hydrogen-bond donors (Lipinski definition) is 2. The number of halogens is 1. The van der Waals surface area contributed by atoms with Crippen molar-refractivity contribution < 1.29 is 14.2 Å². The quantitative estimate of drug-likeness (QED) is 0.729. The van der Waals surface area contributed by atoms with Gasteiger partial charge in [0.2, 0.25) is 0 Å². The second kappa shape index (κ2) is 4.84. The second-order valence-corrected chi connectivity index (χ2v) is 3.19. The largest absolute Gasteiger partial charge is 0.495 e. The van der Waals surface area contributed by atoms with Gasteiger partial charge in [-0.2, -0.15) is 0 Å². The van der Waals surface area contributed by atoms with E-state index >= 15 is 0 Å². The van der Waals surface area contributed by atoms with Gasteiger partial charge in [-0.05, 0) is 0 Å². The zero-order valence-corrected chi connectivity index (χ0v) is 8.83. The van der Waals surface area contributed by atoms with E-state index in [1.165, 1.54) is 19.2 Å². The molecule has 0 saturated heterocycles. The van der Waals surface area contributed by atoms with E-state index in [1.54, 1.807) is 11.9 Å². The molecule has 0 aliphatic carbocycles. The highest BCUT2D eigenvalue weighted by Gasteiger charge is 2.11. The van der Waals surface area contributed by atoms with Gasteiger partial charge in [0.05, 0.1) is 25.1 Å².